The second-order valence-electron chi connectivity index (χ2n) is 23.8. The highest BCUT2D eigenvalue weighted by molar-refractivity contribution is 5.71. The number of unbranched alkanes of at least 4 members (excludes halogenated alkanes) is 38. The number of carbonyl (C=O) groups excluding carboxylic acids is 3. The molecule has 0 aliphatic carbocycles. The zero-order valence-corrected chi connectivity index (χ0v) is 54.9. The van der Waals surface area contributed by atoms with Crippen LogP contribution in [0.15, 0.2) is 97.2 Å². The van der Waals surface area contributed by atoms with Crippen LogP contribution < -0.4 is 0 Å². The van der Waals surface area contributed by atoms with E-state index in [2.05, 4.69) is 118 Å². The highest BCUT2D eigenvalue weighted by Gasteiger charge is 2.19. The van der Waals surface area contributed by atoms with Gasteiger partial charge in [-0.3, -0.25) is 14.4 Å². The number of hydrogen-bond donors (Lipinski definition) is 0. The van der Waals surface area contributed by atoms with Crippen molar-refractivity contribution in [1.82, 2.24) is 0 Å². The van der Waals surface area contributed by atoms with E-state index in [-0.39, 0.29) is 31.1 Å². The molecule has 0 spiro atoms. The molecule has 0 heterocycles. The van der Waals surface area contributed by atoms with Gasteiger partial charge in [0.25, 0.3) is 0 Å². The van der Waals surface area contributed by atoms with Crippen LogP contribution in [0.2, 0.25) is 0 Å². The van der Waals surface area contributed by atoms with Gasteiger partial charge in [0.15, 0.2) is 6.10 Å². The van der Waals surface area contributed by atoms with Crippen LogP contribution in [0.5, 0.6) is 0 Å². The molecule has 0 radical (unpaired) electrons. The molecule has 0 bridgehead atoms. The van der Waals surface area contributed by atoms with Gasteiger partial charge in [0.05, 0.1) is 0 Å². The van der Waals surface area contributed by atoms with E-state index in [9.17, 15) is 14.4 Å². The molecule has 0 aromatic carbocycles. The summed E-state index contributed by atoms with van der Waals surface area (Å²) in [6, 6.07) is 0. The summed E-state index contributed by atoms with van der Waals surface area (Å²) in [6.45, 7) is 6.55. The molecule has 0 aliphatic rings. The monoisotopic (exact) mass is 1160 g/mol. The van der Waals surface area contributed by atoms with Gasteiger partial charge in [-0.1, -0.05) is 311 Å². The summed E-state index contributed by atoms with van der Waals surface area (Å²) in [4.78, 5) is 38.5. The third-order valence-electron chi connectivity index (χ3n) is 15.5. The van der Waals surface area contributed by atoms with Crippen LogP contribution in [0.25, 0.3) is 0 Å². The van der Waals surface area contributed by atoms with E-state index in [0.29, 0.717) is 19.3 Å². The minimum absolute atomic E-state index is 0.0805. The zero-order valence-electron chi connectivity index (χ0n) is 54.9. The average Bonchev–Trinajstić information content (AvgIpc) is 3.49. The largest absolute Gasteiger partial charge is 0.462 e. The lowest BCUT2D eigenvalue weighted by Crippen LogP contribution is -2.30. The Bertz CT molecular complexity index is 1610. The Morgan fingerprint density at radius 1 is 0.253 bits per heavy atom. The van der Waals surface area contributed by atoms with E-state index in [1.807, 2.05) is 0 Å². The predicted octanol–water partition coefficient (Wildman–Crippen LogP) is 24.8. The van der Waals surface area contributed by atoms with Gasteiger partial charge >= 0.3 is 17.9 Å². The van der Waals surface area contributed by atoms with Crippen molar-refractivity contribution in [3.63, 3.8) is 0 Å². The standard InChI is InChI=1S/C77H134O6/c1-4-7-10-13-16-19-22-25-28-31-33-35-37-38-40-41-43-46-49-52-55-58-61-64-67-70-76(79)82-73-74(72-81-75(78)69-66-63-60-57-54-51-48-45-30-27-24-21-18-15-12-9-6-3)83-77(80)71-68-65-62-59-56-53-50-47-44-42-39-36-34-32-29-26-23-20-17-14-11-8-5-2/h7,10,16,19,23,25-28,30,32-35,38,40,74H,4-6,8-9,11-15,17-18,20-22,24,29,31,36-37,39,41-73H2,1-3H3/b10-7-,19-16-,26-23-,28-25-,30-27-,34-32-,35-33-,40-38-. The van der Waals surface area contributed by atoms with E-state index in [1.54, 1.807) is 0 Å². The fraction of sp³-hybridized carbons (Fsp3) is 0.753. The van der Waals surface area contributed by atoms with Crippen molar-refractivity contribution in [1.29, 1.82) is 0 Å². The van der Waals surface area contributed by atoms with E-state index in [0.717, 1.165) is 103 Å². The minimum atomic E-state index is -0.786. The van der Waals surface area contributed by atoms with Gasteiger partial charge in [-0.25, -0.2) is 0 Å². The highest BCUT2D eigenvalue weighted by Crippen LogP contribution is 2.17. The number of carbonyl (C=O) groups is 3. The zero-order chi connectivity index (χ0) is 59.9. The van der Waals surface area contributed by atoms with Crippen LogP contribution in [0, 0.1) is 0 Å². The molecule has 0 aromatic rings. The van der Waals surface area contributed by atoms with E-state index in [4.69, 9.17) is 14.2 Å². The van der Waals surface area contributed by atoms with Gasteiger partial charge in [-0.15, -0.1) is 0 Å². The fourth-order valence-corrected chi connectivity index (χ4v) is 10.2. The predicted molar refractivity (Wildman–Crippen MR) is 362 cm³/mol. The Morgan fingerprint density at radius 3 is 0.747 bits per heavy atom. The summed E-state index contributed by atoms with van der Waals surface area (Å²) in [7, 11) is 0. The molecule has 6 heteroatoms. The summed E-state index contributed by atoms with van der Waals surface area (Å²) in [6.07, 6.45) is 95.6. The van der Waals surface area contributed by atoms with Crippen LogP contribution in [-0.2, 0) is 28.6 Å². The molecule has 83 heavy (non-hydrogen) atoms. The van der Waals surface area contributed by atoms with Crippen molar-refractivity contribution in [2.75, 3.05) is 13.2 Å². The smallest absolute Gasteiger partial charge is 0.306 e. The average molecular weight is 1160 g/mol. The second-order valence-corrected chi connectivity index (χ2v) is 23.8. The van der Waals surface area contributed by atoms with E-state index in [1.165, 1.54) is 212 Å². The Labute approximate surface area is 515 Å². The first-order chi connectivity index (χ1) is 41.0. The summed E-state index contributed by atoms with van der Waals surface area (Å²) >= 11 is 0. The number of rotatable bonds is 65. The topological polar surface area (TPSA) is 78.9 Å². The van der Waals surface area contributed by atoms with Gasteiger partial charge in [0.1, 0.15) is 13.2 Å². The lowest BCUT2D eigenvalue weighted by Gasteiger charge is -2.18. The molecule has 0 fully saturated rings. The van der Waals surface area contributed by atoms with Gasteiger partial charge in [-0.2, -0.15) is 0 Å². The van der Waals surface area contributed by atoms with Crippen molar-refractivity contribution >= 4 is 17.9 Å². The molecule has 0 saturated carbocycles. The second kappa shape index (κ2) is 70.8. The fourth-order valence-electron chi connectivity index (χ4n) is 10.2. The summed E-state index contributed by atoms with van der Waals surface area (Å²) in [5.41, 5.74) is 0. The number of esters is 3. The molecule has 0 rings (SSSR count). The Hall–Kier alpha value is -3.67. The van der Waals surface area contributed by atoms with E-state index < -0.39 is 6.10 Å². The first-order valence-corrected chi connectivity index (χ1v) is 35.7. The number of allylic oxidation sites excluding steroid dienone is 16. The number of hydrogen-bond acceptors (Lipinski definition) is 6. The lowest BCUT2D eigenvalue weighted by molar-refractivity contribution is -0.167. The summed E-state index contributed by atoms with van der Waals surface area (Å²) < 4.78 is 17.0. The van der Waals surface area contributed by atoms with Crippen LogP contribution in [0.4, 0.5) is 0 Å². The molecule has 0 amide bonds. The van der Waals surface area contributed by atoms with Crippen LogP contribution in [0.3, 0.4) is 0 Å². The molecule has 0 N–H and O–H groups in total. The first-order valence-electron chi connectivity index (χ1n) is 35.7. The highest BCUT2D eigenvalue weighted by atomic mass is 16.6. The quantitative estimate of drug-likeness (QED) is 0.0261. The van der Waals surface area contributed by atoms with Crippen molar-refractivity contribution < 1.29 is 28.6 Å². The number of ether oxygens (including phenoxy) is 3. The molecular formula is C77H134O6. The van der Waals surface area contributed by atoms with Crippen LogP contribution in [0.1, 0.15) is 355 Å². The van der Waals surface area contributed by atoms with Gasteiger partial charge in [0.2, 0.25) is 0 Å². The Balaban J connectivity index is 4.37. The normalized spacial score (nSPS) is 12.7. The minimum Gasteiger partial charge on any atom is -0.462 e. The molecule has 1 unspecified atom stereocenters. The van der Waals surface area contributed by atoms with Crippen molar-refractivity contribution in [3.05, 3.63) is 97.2 Å². The lowest BCUT2D eigenvalue weighted by atomic mass is 10.0. The molecule has 0 aromatic heterocycles. The molecule has 6 nitrogen and oxygen atoms in total. The maximum atomic E-state index is 13.0. The third kappa shape index (κ3) is 69.0. The van der Waals surface area contributed by atoms with Crippen molar-refractivity contribution in [2.24, 2.45) is 0 Å². The molecule has 0 saturated heterocycles. The maximum Gasteiger partial charge on any atom is 0.306 e. The van der Waals surface area contributed by atoms with Crippen molar-refractivity contribution in [3.8, 4) is 0 Å². The van der Waals surface area contributed by atoms with Gasteiger partial charge in [0, 0.05) is 19.3 Å². The van der Waals surface area contributed by atoms with Gasteiger partial charge < -0.3 is 14.2 Å². The maximum absolute atomic E-state index is 13.0. The molecule has 478 valence electrons. The van der Waals surface area contributed by atoms with E-state index >= 15 is 0 Å². The van der Waals surface area contributed by atoms with Crippen LogP contribution in [-0.4, -0.2) is 37.2 Å². The Morgan fingerprint density at radius 2 is 0.470 bits per heavy atom. The van der Waals surface area contributed by atoms with Crippen molar-refractivity contribution in [2.45, 2.75) is 361 Å². The van der Waals surface area contributed by atoms with Crippen LogP contribution >= 0.6 is 0 Å². The molecule has 0 aliphatic heterocycles. The van der Waals surface area contributed by atoms with Gasteiger partial charge in [-0.05, 0) is 122 Å². The first kappa shape index (κ1) is 79.3. The third-order valence-corrected chi connectivity index (χ3v) is 15.5. The Kier molecular flexibility index (Phi) is 67.7. The summed E-state index contributed by atoms with van der Waals surface area (Å²) in [5, 5.41) is 0. The molecular weight excluding hydrogens is 1020 g/mol. The molecule has 1 atom stereocenters. The summed E-state index contributed by atoms with van der Waals surface area (Å²) in [5.74, 6) is -0.876. The SMILES string of the molecule is CC/C=C\C/C=C\C/C=C\C/C=C\C/C=C\CCCCCCCCCCCC(=O)OCC(COC(=O)CCCCCCCCC/C=C\CCCCCCCC)OC(=O)CCCCCCCCCCCCC/C=C\C/C=C\CCCCCCC.